The molecule has 6 heteroatoms. The van der Waals surface area contributed by atoms with E-state index < -0.39 is 5.54 Å². The normalized spacial score (nSPS) is 19.8. The fraction of sp³-hybridized carbons (Fsp3) is 0.500. The van der Waals surface area contributed by atoms with Gasteiger partial charge >= 0.3 is 0 Å². The van der Waals surface area contributed by atoms with Crippen LogP contribution in [0.2, 0.25) is 0 Å². The zero-order chi connectivity index (χ0) is 26.5. The molecule has 0 radical (unpaired) electrons. The molecule has 0 aliphatic carbocycles. The number of nitrogens with two attached hydrogens (primary N) is 1. The van der Waals surface area contributed by atoms with Gasteiger partial charge in [-0.1, -0.05) is 88.5 Å². The van der Waals surface area contributed by atoms with Crippen LogP contribution in [0.5, 0.6) is 0 Å². The number of nitrogens with zero attached hydrogens (tertiary/aromatic N) is 1. The first-order valence-electron chi connectivity index (χ1n) is 13.2. The van der Waals surface area contributed by atoms with Crippen LogP contribution in [0.4, 0.5) is 0 Å². The minimum absolute atomic E-state index is 0.0314. The van der Waals surface area contributed by atoms with Gasteiger partial charge in [-0.3, -0.25) is 4.79 Å². The SMILES string of the molecule is C=C/C(=C\C=C(/C)C(N1CSC(C(=O)NC2CNC2)=C1C(C)C)C(C)(N)c1ccc(CC)cc1)CC. The number of thioether (sulfide) groups is 1. The van der Waals surface area contributed by atoms with Crippen molar-refractivity contribution < 1.29 is 4.79 Å². The fourth-order valence-electron chi connectivity index (χ4n) is 5.00. The molecule has 5 nitrogen and oxygen atoms in total. The van der Waals surface area contributed by atoms with Gasteiger partial charge in [-0.05, 0) is 54.9 Å². The Hall–Kier alpha value is -2.28. The van der Waals surface area contributed by atoms with Crippen molar-refractivity contribution in [3.05, 3.63) is 81.9 Å². The van der Waals surface area contributed by atoms with Crippen LogP contribution in [0.1, 0.15) is 59.1 Å². The summed E-state index contributed by atoms with van der Waals surface area (Å²) in [6, 6.07) is 8.76. The van der Waals surface area contributed by atoms with Gasteiger partial charge in [-0.25, -0.2) is 0 Å². The number of allylic oxidation sites excluding steroid dienone is 5. The minimum Gasteiger partial charge on any atom is -0.355 e. The van der Waals surface area contributed by atoms with Crippen LogP contribution in [0.25, 0.3) is 0 Å². The second-order valence-corrected chi connectivity index (χ2v) is 11.3. The maximum Gasteiger partial charge on any atom is 0.259 e. The molecule has 0 saturated carbocycles. The monoisotopic (exact) mass is 508 g/mol. The van der Waals surface area contributed by atoms with Crippen LogP contribution in [0.15, 0.2) is 70.8 Å². The summed E-state index contributed by atoms with van der Waals surface area (Å²) in [5.74, 6) is 0.911. The third kappa shape index (κ3) is 6.16. The predicted molar refractivity (Wildman–Crippen MR) is 154 cm³/mol. The number of hydrogen-bond donors (Lipinski definition) is 3. The highest BCUT2D eigenvalue weighted by molar-refractivity contribution is 8.04. The second-order valence-electron chi connectivity index (χ2n) is 10.4. The Labute approximate surface area is 222 Å². The van der Waals surface area contributed by atoms with E-state index in [9.17, 15) is 4.79 Å². The third-order valence-electron chi connectivity index (χ3n) is 7.29. The predicted octanol–water partition coefficient (Wildman–Crippen LogP) is 5.22. The van der Waals surface area contributed by atoms with Crippen LogP contribution in [-0.4, -0.2) is 41.9 Å². The number of benzene rings is 1. The van der Waals surface area contributed by atoms with E-state index in [-0.39, 0.29) is 23.9 Å². The van der Waals surface area contributed by atoms with Crippen LogP contribution in [0.3, 0.4) is 0 Å². The average molecular weight is 509 g/mol. The lowest BCUT2D eigenvalue weighted by atomic mass is 9.80. The molecule has 2 atom stereocenters. The first-order chi connectivity index (χ1) is 17.1. The molecular weight excluding hydrogens is 464 g/mol. The van der Waals surface area contributed by atoms with Crippen molar-refractivity contribution in [3.8, 4) is 0 Å². The summed E-state index contributed by atoms with van der Waals surface area (Å²) in [6.45, 7) is 18.5. The summed E-state index contributed by atoms with van der Waals surface area (Å²) in [5.41, 5.74) is 12.4. The Morgan fingerprint density at radius 3 is 2.44 bits per heavy atom. The van der Waals surface area contributed by atoms with Gasteiger partial charge in [0, 0.05) is 18.8 Å². The molecule has 2 aliphatic rings. The Kier molecular flexibility index (Phi) is 9.67. The van der Waals surface area contributed by atoms with Gasteiger partial charge in [-0.15, -0.1) is 0 Å². The van der Waals surface area contributed by atoms with Gasteiger partial charge in [-0.2, -0.15) is 0 Å². The van der Waals surface area contributed by atoms with E-state index in [0.717, 1.165) is 47.7 Å². The molecule has 1 aromatic carbocycles. The van der Waals surface area contributed by atoms with E-state index >= 15 is 0 Å². The fourth-order valence-corrected chi connectivity index (χ4v) is 6.25. The van der Waals surface area contributed by atoms with E-state index in [1.807, 2.05) is 6.08 Å². The highest BCUT2D eigenvalue weighted by atomic mass is 32.2. The minimum atomic E-state index is -0.675. The summed E-state index contributed by atoms with van der Waals surface area (Å²) in [7, 11) is 0. The molecule has 1 aromatic rings. The third-order valence-corrected chi connectivity index (χ3v) is 8.38. The second kappa shape index (κ2) is 12.3. The Morgan fingerprint density at radius 1 is 1.28 bits per heavy atom. The van der Waals surface area contributed by atoms with E-state index in [2.05, 4.69) is 100 Å². The number of amides is 1. The van der Waals surface area contributed by atoms with E-state index in [1.54, 1.807) is 11.8 Å². The summed E-state index contributed by atoms with van der Waals surface area (Å²) in [6.07, 6.45) is 8.15. The van der Waals surface area contributed by atoms with Gasteiger partial charge in [0.25, 0.3) is 5.91 Å². The van der Waals surface area contributed by atoms with Crippen molar-refractivity contribution in [2.24, 2.45) is 11.7 Å². The molecular formula is C30H44N4OS. The zero-order valence-corrected chi connectivity index (χ0v) is 23.7. The lowest BCUT2D eigenvalue weighted by molar-refractivity contribution is -0.117. The number of rotatable bonds is 11. The van der Waals surface area contributed by atoms with Gasteiger partial charge in [0.1, 0.15) is 0 Å². The molecule has 4 N–H and O–H groups in total. The molecule has 0 bridgehead atoms. The molecule has 0 spiro atoms. The van der Waals surface area contributed by atoms with Gasteiger partial charge < -0.3 is 21.3 Å². The van der Waals surface area contributed by atoms with Gasteiger partial charge in [0.15, 0.2) is 0 Å². The largest absolute Gasteiger partial charge is 0.355 e. The molecule has 2 aliphatic heterocycles. The smallest absolute Gasteiger partial charge is 0.259 e. The topological polar surface area (TPSA) is 70.4 Å². The molecule has 3 rings (SSSR count). The highest BCUT2D eigenvalue weighted by Crippen LogP contribution is 2.43. The number of aryl methyl sites for hydroxylation is 1. The summed E-state index contributed by atoms with van der Waals surface area (Å²) < 4.78 is 0. The Balaban J connectivity index is 2.08. The highest BCUT2D eigenvalue weighted by Gasteiger charge is 2.43. The average Bonchev–Trinajstić information content (AvgIpc) is 3.26. The molecule has 2 heterocycles. The molecule has 2 unspecified atom stereocenters. The van der Waals surface area contributed by atoms with Crippen LogP contribution in [0, 0.1) is 5.92 Å². The summed E-state index contributed by atoms with van der Waals surface area (Å²) >= 11 is 1.63. The Bertz CT molecular complexity index is 1030. The van der Waals surface area contributed by atoms with E-state index in [1.165, 1.54) is 11.1 Å². The maximum atomic E-state index is 13.3. The van der Waals surface area contributed by atoms with E-state index in [0.29, 0.717) is 5.88 Å². The number of carbonyl (C=O) groups is 1. The van der Waals surface area contributed by atoms with Crippen LogP contribution in [-0.2, 0) is 16.8 Å². The zero-order valence-electron chi connectivity index (χ0n) is 22.9. The van der Waals surface area contributed by atoms with Crippen molar-refractivity contribution in [1.82, 2.24) is 15.5 Å². The number of nitrogens with one attached hydrogen (secondary N) is 2. The van der Waals surface area contributed by atoms with Crippen LogP contribution >= 0.6 is 11.8 Å². The standard InChI is InChI=1S/C30H44N4OS/c1-8-22(9-2)12-11-21(6)28(30(7,31)24-15-13-23(10-3)14-16-24)34-19-36-27(26(34)20(4)5)29(35)33-25-17-32-18-25/h8,11-16,20,25,28,32H,1,9-10,17-19,31H2,2-7H3,(H,33,35)/b21-11+,22-12+. The first kappa shape index (κ1) is 28.3. The molecule has 36 heavy (non-hydrogen) atoms. The van der Waals surface area contributed by atoms with Crippen molar-refractivity contribution in [2.75, 3.05) is 19.0 Å². The summed E-state index contributed by atoms with van der Waals surface area (Å²) in [4.78, 5) is 16.5. The van der Waals surface area contributed by atoms with Crippen molar-refractivity contribution in [1.29, 1.82) is 0 Å². The molecule has 1 amide bonds. The number of carbonyl (C=O) groups excluding carboxylic acids is 1. The molecule has 196 valence electrons. The van der Waals surface area contributed by atoms with Crippen molar-refractivity contribution in [2.45, 2.75) is 72.0 Å². The van der Waals surface area contributed by atoms with Crippen LogP contribution < -0.4 is 16.4 Å². The van der Waals surface area contributed by atoms with Crippen molar-refractivity contribution >= 4 is 17.7 Å². The Morgan fingerprint density at radius 2 is 1.94 bits per heavy atom. The lowest BCUT2D eigenvalue weighted by Gasteiger charge is -2.44. The maximum absolute atomic E-state index is 13.3. The summed E-state index contributed by atoms with van der Waals surface area (Å²) in [5, 5.41) is 6.42. The van der Waals surface area contributed by atoms with Crippen molar-refractivity contribution in [3.63, 3.8) is 0 Å². The first-order valence-corrected chi connectivity index (χ1v) is 14.2. The lowest BCUT2D eigenvalue weighted by Crippen LogP contribution is -2.57. The van der Waals surface area contributed by atoms with Gasteiger partial charge in [0.2, 0.25) is 0 Å². The molecule has 1 fully saturated rings. The molecule has 0 aromatic heterocycles. The molecule has 1 saturated heterocycles. The number of hydrogen-bond acceptors (Lipinski definition) is 5. The quantitative estimate of drug-likeness (QED) is 0.358. The van der Waals surface area contributed by atoms with Gasteiger partial charge in [0.05, 0.1) is 28.4 Å². The van der Waals surface area contributed by atoms with E-state index in [4.69, 9.17) is 5.73 Å².